The van der Waals surface area contributed by atoms with Gasteiger partial charge in [-0.05, 0) is 36.1 Å². The van der Waals surface area contributed by atoms with Crippen LogP contribution in [0.15, 0.2) is 42.7 Å². The van der Waals surface area contributed by atoms with Crippen LogP contribution in [-0.2, 0) is 6.42 Å². The summed E-state index contributed by atoms with van der Waals surface area (Å²) in [6.07, 6.45) is 4.26. The minimum absolute atomic E-state index is 0.399. The molecule has 0 bridgehead atoms. The predicted octanol–water partition coefficient (Wildman–Crippen LogP) is 4.45. The van der Waals surface area contributed by atoms with E-state index in [0.717, 1.165) is 17.5 Å². The maximum Gasteiger partial charge on any atom is 0.325 e. The van der Waals surface area contributed by atoms with E-state index in [1.165, 1.54) is 11.3 Å². The lowest BCUT2D eigenvalue weighted by atomic mass is 10.0. The second-order valence-corrected chi connectivity index (χ2v) is 7.31. The molecule has 3 aromatic rings. The Kier molecular flexibility index (Phi) is 5.97. The van der Waals surface area contributed by atoms with Gasteiger partial charge >= 0.3 is 6.03 Å². The molecular weight excluding hydrogens is 362 g/mol. The zero-order valence-electron chi connectivity index (χ0n) is 15.4. The molecule has 7 nitrogen and oxygen atoms in total. The molecular formula is C19H21N5O2S. The van der Waals surface area contributed by atoms with Crippen LogP contribution in [-0.4, -0.2) is 28.3 Å². The molecule has 0 aliphatic carbocycles. The zero-order chi connectivity index (χ0) is 19.2. The van der Waals surface area contributed by atoms with Gasteiger partial charge in [0.1, 0.15) is 5.75 Å². The SMILES string of the molecule is COc1c(CC(C)C)cccc1NC(=O)Nc1nnc(-c2cccnc2)s1. The number of rotatable bonds is 6. The first kappa shape index (κ1) is 18.8. The Labute approximate surface area is 161 Å². The Morgan fingerprint density at radius 3 is 2.74 bits per heavy atom. The number of anilines is 2. The molecule has 2 heterocycles. The molecule has 0 atom stereocenters. The first-order valence-corrected chi connectivity index (χ1v) is 9.36. The predicted molar refractivity (Wildman–Crippen MR) is 107 cm³/mol. The van der Waals surface area contributed by atoms with Crippen LogP contribution in [0.2, 0.25) is 0 Å². The van der Waals surface area contributed by atoms with E-state index >= 15 is 0 Å². The van der Waals surface area contributed by atoms with Gasteiger partial charge < -0.3 is 10.1 Å². The molecule has 1 aromatic carbocycles. The fourth-order valence-electron chi connectivity index (χ4n) is 2.66. The zero-order valence-corrected chi connectivity index (χ0v) is 16.2. The van der Waals surface area contributed by atoms with Crippen LogP contribution in [0.3, 0.4) is 0 Å². The monoisotopic (exact) mass is 383 g/mol. The largest absolute Gasteiger partial charge is 0.494 e. The van der Waals surface area contributed by atoms with Crippen molar-refractivity contribution in [1.29, 1.82) is 0 Å². The number of para-hydroxylation sites is 1. The first-order chi connectivity index (χ1) is 13.1. The molecule has 0 unspecified atom stereocenters. The van der Waals surface area contributed by atoms with Crippen LogP contribution in [0.1, 0.15) is 19.4 Å². The second-order valence-electron chi connectivity index (χ2n) is 6.33. The van der Waals surface area contributed by atoms with Crippen molar-refractivity contribution in [3.63, 3.8) is 0 Å². The number of ether oxygens (including phenoxy) is 1. The van der Waals surface area contributed by atoms with Gasteiger partial charge in [0.25, 0.3) is 0 Å². The lowest BCUT2D eigenvalue weighted by Gasteiger charge is -2.15. The summed E-state index contributed by atoms with van der Waals surface area (Å²) >= 11 is 1.28. The minimum Gasteiger partial charge on any atom is -0.494 e. The molecule has 27 heavy (non-hydrogen) atoms. The van der Waals surface area contributed by atoms with Crippen LogP contribution >= 0.6 is 11.3 Å². The van der Waals surface area contributed by atoms with Crippen molar-refractivity contribution in [2.75, 3.05) is 17.7 Å². The van der Waals surface area contributed by atoms with E-state index in [9.17, 15) is 4.79 Å². The van der Waals surface area contributed by atoms with Crippen molar-refractivity contribution in [1.82, 2.24) is 15.2 Å². The van der Waals surface area contributed by atoms with Gasteiger partial charge in [-0.15, -0.1) is 10.2 Å². The molecule has 140 valence electrons. The third-order valence-electron chi connectivity index (χ3n) is 3.73. The van der Waals surface area contributed by atoms with Gasteiger partial charge in [0.2, 0.25) is 5.13 Å². The molecule has 0 saturated carbocycles. The van der Waals surface area contributed by atoms with E-state index in [4.69, 9.17) is 4.74 Å². The number of urea groups is 1. The van der Waals surface area contributed by atoms with Gasteiger partial charge in [-0.3, -0.25) is 10.3 Å². The molecule has 0 aliphatic heterocycles. The molecule has 0 spiro atoms. The van der Waals surface area contributed by atoms with Crippen LogP contribution in [0.25, 0.3) is 10.6 Å². The summed E-state index contributed by atoms with van der Waals surface area (Å²) in [5.74, 6) is 1.16. The summed E-state index contributed by atoms with van der Waals surface area (Å²) in [7, 11) is 1.60. The number of nitrogens with zero attached hydrogens (tertiary/aromatic N) is 3. The lowest BCUT2D eigenvalue weighted by molar-refractivity contribution is 0.262. The van der Waals surface area contributed by atoms with Crippen molar-refractivity contribution >= 4 is 28.2 Å². The van der Waals surface area contributed by atoms with E-state index in [2.05, 4.69) is 39.7 Å². The number of carbonyl (C=O) groups is 1. The second kappa shape index (κ2) is 8.59. The quantitative estimate of drug-likeness (QED) is 0.656. The maximum atomic E-state index is 12.4. The van der Waals surface area contributed by atoms with Crippen LogP contribution in [0.4, 0.5) is 15.6 Å². The van der Waals surface area contributed by atoms with E-state index in [-0.39, 0.29) is 0 Å². The number of hydrogen-bond acceptors (Lipinski definition) is 6. The Bertz CT molecular complexity index is 911. The van der Waals surface area contributed by atoms with E-state index < -0.39 is 6.03 Å². The number of carbonyl (C=O) groups excluding carboxylic acids is 1. The molecule has 2 aromatic heterocycles. The first-order valence-electron chi connectivity index (χ1n) is 8.54. The summed E-state index contributed by atoms with van der Waals surface area (Å²) in [6, 6.07) is 9.04. The van der Waals surface area contributed by atoms with Gasteiger partial charge in [0.15, 0.2) is 5.01 Å². The average molecular weight is 383 g/mol. The summed E-state index contributed by atoms with van der Waals surface area (Å²) < 4.78 is 5.52. The van der Waals surface area contributed by atoms with Gasteiger partial charge in [-0.25, -0.2) is 4.79 Å². The molecule has 2 N–H and O–H groups in total. The summed E-state index contributed by atoms with van der Waals surface area (Å²) in [5, 5.41) is 14.7. The Morgan fingerprint density at radius 1 is 1.19 bits per heavy atom. The van der Waals surface area contributed by atoms with E-state index in [0.29, 0.717) is 27.5 Å². The molecule has 8 heteroatoms. The highest BCUT2D eigenvalue weighted by Gasteiger charge is 2.14. The van der Waals surface area contributed by atoms with Gasteiger partial charge in [0.05, 0.1) is 12.8 Å². The van der Waals surface area contributed by atoms with Crippen molar-refractivity contribution in [2.24, 2.45) is 5.92 Å². The maximum absolute atomic E-state index is 12.4. The number of hydrogen-bond donors (Lipinski definition) is 2. The molecule has 3 rings (SSSR count). The third-order valence-corrected chi connectivity index (χ3v) is 4.62. The van der Waals surface area contributed by atoms with Crippen LogP contribution in [0, 0.1) is 5.92 Å². The smallest absolute Gasteiger partial charge is 0.325 e. The van der Waals surface area contributed by atoms with Crippen molar-refractivity contribution in [3.8, 4) is 16.3 Å². The molecule has 0 fully saturated rings. The average Bonchev–Trinajstić information content (AvgIpc) is 3.10. The topological polar surface area (TPSA) is 89.0 Å². The summed E-state index contributed by atoms with van der Waals surface area (Å²) in [5.41, 5.74) is 2.52. The van der Waals surface area contributed by atoms with Crippen LogP contribution in [0.5, 0.6) is 5.75 Å². The molecule has 0 radical (unpaired) electrons. The minimum atomic E-state index is -0.399. The molecule has 0 saturated heterocycles. The van der Waals surface area contributed by atoms with E-state index in [1.807, 2.05) is 30.3 Å². The number of pyridine rings is 1. The Hall–Kier alpha value is -3.00. The number of aromatic nitrogens is 3. The number of benzene rings is 1. The number of methoxy groups -OCH3 is 1. The van der Waals surface area contributed by atoms with Crippen molar-refractivity contribution in [2.45, 2.75) is 20.3 Å². The Morgan fingerprint density at radius 2 is 2.04 bits per heavy atom. The summed E-state index contributed by atoms with van der Waals surface area (Å²) in [6.45, 7) is 4.28. The summed E-state index contributed by atoms with van der Waals surface area (Å²) in [4.78, 5) is 16.4. The lowest BCUT2D eigenvalue weighted by Crippen LogP contribution is -2.20. The normalized spacial score (nSPS) is 10.7. The fraction of sp³-hybridized carbons (Fsp3) is 0.263. The standard InChI is InChI=1S/C19H21N5O2S/c1-12(2)10-13-6-4-8-15(16(13)26-3)21-18(25)22-19-24-23-17(27-19)14-7-5-9-20-11-14/h4-9,11-12H,10H2,1-3H3,(H2,21,22,24,25). The highest BCUT2D eigenvalue weighted by Crippen LogP contribution is 2.31. The van der Waals surface area contributed by atoms with Crippen molar-refractivity contribution < 1.29 is 9.53 Å². The fourth-order valence-corrected chi connectivity index (χ4v) is 3.38. The molecule has 0 aliphatic rings. The number of amides is 2. The van der Waals surface area contributed by atoms with Crippen molar-refractivity contribution in [3.05, 3.63) is 48.3 Å². The highest BCUT2D eigenvalue weighted by molar-refractivity contribution is 7.18. The number of nitrogens with one attached hydrogen (secondary N) is 2. The third kappa shape index (κ3) is 4.79. The molecule has 2 amide bonds. The van der Waals surface area contributed by atoms with Crippen LogP contribution < -0.4 is 15.4 Å². The Balaban J connectivity index is 1.70. The van der Waals surface area contributed by atoms with Gasteiger partial charge in [-0.2, -0.15) is 0 Å². The van der Waals surface area contributed by atoms with Gasteiger partial charge in [0, 0.05) is 18.0 Å². The van der Waals surface area contributed by atoms with E-state index in [1.54, 1.807) is 19.5 Å². The van der Waals surface area contributed by atoms with Gasteiger partial charge in [-0.1, -0.05) is 37.3 Å². The highest BCUT2D eigenvalue weighted by atomic mass is 32.1.